The molecule has 0 aliphatic carbocycles. The van der Waals surface area contributed by atoms with Gasteiger partial charge in [-0.2, -0.15) is 0 Å². The third-order valence-corrected chi connectivity index (χ3v) is 2.08. The summed E-state index contributed by atoms with van der Waals surface area (Å²) >= 11 is 5.37. The third kappa shape index (κ3) is 3.72. The maximum absolute atomic E-state index is 11.1. The minimum Gasteiger partial charge on any atom is -0.353 e. The Labute approximate surface area is 77.5 Å². The molecule has 0 aromatic carbocycles. The van der Waals surface area contributed by atoms with Gasteiger partial charge in [-0.15, -0.1) is 11.6 Å². The first-order chi connectivity index (χ1) is 5.49. The normalized spacial score (nSPS) is 15.0. The molecule has 0 aliphatic heterocycles. The zero-order valence-electron chi connectivity index (χ0n) is 7.56. The van der Waals surface area contributed by atoms with Crippen LogP contribution in [0.4, 0.5) is 0 Å². The van der Waals surface area contributed by atoms with Crippen LogP contribution in [0.3, 0.4) is 0 Å². The lowest BCUT2D eigenvalue weighted by Crippen LogP contribution is -2.39. The van der Waals surface area contributed by atoms with Crippen LogP contribution in [0, 0.1) is 5.92 Å². The monoisotopic (exact) mass is 191 g/mol. The number of rotatable bonds is 4. The van der Waals surface area contributed by atoms with Crippen molar-refractivity contribution in [2.24, 2.45) is 5.92 Å². The average Bonchev–Trinajstić information content (AvgIpc) is 2.00. The fourth-order valence-corrected chi connectivity index (χ4v) is 1.09. The number of Topliss-reactive ketones (excluding diaryl/α,β-unsaturated/α-hetero) is 1. The van der Waals surface area contributed by atoms with Crippen LogP contribution in [0.2, 0.25) is 0 Å². The maximum atomic E-state index is 11.1. The first kappa shape index (κ1) is 11.4. The Balaban J connectivity index is 4.00. The highest BCUT2D eigenvalue weighted by Gasteiger charge is 2.19. The SMILES string of the molecule is CC(=O)NC(C)C(C)C(=O)CCl. The van der Waals surface area contributed by atoms with E-state index in [1.165, 1.54) is 6.92 Å². The van der Waals surface area contributed by atoms with Crippen LogP contribution in [0.25, 0.3) is 0 Å². The molecule has 0 radical (unpaired) electrons. The lowest BCUT2D eigenvalue weighted by Gasteiger charge is -2.18. The Morgan fingerprint density at radius 1 is 1.42 bits per heavy atom. The van der Waals surface area contributed by atoms with Crippen molar-refractivity contribution in [1.82, 2.24) is 5.32 Å². The van der Waals surface area contributed by atoms with E-state index >= 15 is 0 Å². The molecule has 0 saturated heterocycles. The molecule has 2 unspecified atom stereocenters. The van der Waals surface area contributed by atoms with Crippen molar-refractivity contribution in [1.29, 1.82) is 0 Å². The van der Waals surface area contributed by atoms with E-state index in [0.29, 0.717) is 0 Å². The second kappa shape index (κ2) is 5.14. The molecule has 0 aromatic rings. The smallest absolute Gasteiger partial charge is 0.217 e. The van der Waals surface area contributed by atoms with Gasteiger partial charge in [0.25, 0.3) is 0 Å². The summed E-state index contributed by atoms with van der Waals surface area (Å²) in [6.45, 7) is 4.97. The first-order valence-electron chi connectivity index (χ1n) is 3.84. The molecule has 70 valence electrons. The number of hydrogen-bond donors (Lipinski definition) is 1. The Bertz CT molecular complexity index is 182. The van der Waals surface area contributed by atoms with E-state index in [1.54, 1.807) is 13.8 Å². The number of carbonyl (C=O) groups excluding carboxylic acids is 2. The topological polar surface area (TPSA) is 46.2 Å². The number of alkyl halides is 1. The van der Waals surface area contributed by atoms with Crippen molar-refractivity contribution in [3.63, 3.8) is 0 Å². The summed E-state index contributed by atoms with van der Waals surface area (Å²) in [5.41, 5.74) is 0. The van der Waals surface area contributed by atoms with E-state index in [-0.39, 0.29) is 29.5 Å². The molecule has 4 heteroatoms. The van der Waals surface area contributed by atoms with Gasteiger partial charge in [-0.25, -0.2) is 0 Å². The zero-order valence-corrected chi connectivity index (χ0v) is 8.31. The van der Waals surface area contributed by atoms with E-state index in [1.807, 2.05) is 0 Å². The van der Waals surface area contributed by atoms with Crippen LogP contribution in [0.5, 0.6) is 0 Å². The van der Waals surface area contributed by atoms with Crippen LogP contribution >= 0.6 is 11.6 Å². The lowest BCUT2D eigenvalue weighted by atomic mass is 10.00. The van der Waals surface area contributed by atoms with Gasteiger partial charge in [-0.1, -0.05) is 6.92 Å². The van der Waals surface area contributed by atoms with Crippen molar-refractivity contribution >= 4 is 23.3 Å². The number of nitrogens with one attached hydrogen (secondary N) is 1. The van der Waals surface area contributed by atoms with Crippen molar-refractivity contribution in [3.05, 3.63) is 0 Å². The molecule has 2 atom stereocenters. The molecule has 0 aromatic heterocycles. The molecule has 0 bridgehead atoms. The Hall–Kier alpha value is -0.570. The highest BCUT2D eigenvalue weighted by molar-refractivity contribution is 6.27. The minimum atomic E-state index is -0.216. The highest BCUT2D eigenvalue weighted by atomic mass is 35.5. The molecule has 0 rings (SSSR count). The van der Waals surface area contributed by atoms with Gasteiger partial charge in [0, 0.05) is 18.9 Å². The van der Waals surface area contributed by atoms with Crippen molar-refractivity contribution in [2.45, 2.75) is 26.8 Å². The summed E-state index contributed by atoms with van der Waals surface area (Å²) < 4.78 is 0. The van der Waals surface area contributed by atoms with E-state index < -0.39 is 0 Å². The fraction of sp³-hybridized carbons (Fsp3) is 0.750. The van der Waals surface area contributed by atoms with Gasteiger partial charge in [0.2, 0.25) is 5.91 Å². The summed E-state index contributed by atoms with van der Waals surface area (Å²) in [6.07, 6.45) is 0. The summed E-state index contributed by atoms with van der Waals surface area (Å²) in [6, 6.07) is -0.145. The van der Waals surface area contributed by atoms with Gasteiger partial charge in [0.05, 0.1) is 5.88 Å². The van der Waals surface area contributed by atoms with Crippen molar-refractivity contribution in [3.8, 4) is 0 Å². The second-order valence-electron chi connectivity index (χ2n) is 2.88. The van der Waals surface area contributed by atoms with Crippen molar-refractivity contribution in [2.75, 3.05) is 5.88 Å². The van der Waals surface area contributed by atoms with E-state index in [4.69, 9.17) is 11.6 Å². The van der Waals surface area contributed by atoms with Crippen LogP contribution in [0.1, 0.15) is 20.8 Å². The predicted octanol–water partition coefficient (Wildman–Crippen LogP) is 0.955. The van der Waals surface area contributed by atoms with Gasteiger partial charge in [0.1, 0.15) is 0 Å². The molecular weight excluding hydrogens is 178 g/mol. The molecule has 3 nitrogen and oxygen atoms in total. The maximum Gasteiger partial charge on any atom is 0.217 e. The van der Waals surface area contributed by atoms with E-state index in [0.717, 1.165) is 0 Å². The number of hydrogen-bond acceptors (Lipinski definition) is 2. The Morgan fingerprint density at radius 2 is 1.92 bits per heavy atom. The van der Waals surface area contributed by atoms with E-state index in [2.05, 4.69) is 5.32 Å². The van der Waals surface area contributed by atoms with Gasteiger partial charge >= 0.3 is 0 Å². The minimum absolute atomic E-state index is 0.00505. The fourth-order valence-electron chi connectivity index (χ4n) is 0.846. The Kier molecular flexibility index (Phi) is 4.90. The molecule has 1 amide bonds. The van der Waals surface area contributed by atoms with Crippen LogP contribution in [-0.2, 0) is 9.59 Å². The number of amides is 1. The summed E-state index contributed by atoms with van der Waals surface area (Å²) in [5, 5.41) is 2.64. The van der Waals surface area contributed by atoms with Crippen molar-refractivity contribution < 1.29 is 9.59 Å². The molecule has 12 heavy (non-hydrogen) atoms. The quantitative estimate of drug-likeness (QED) is 0.673. The van der Waals surface area contributed by atoms with Crippen LogP contribution in [0.15, 0.2) is 0 Å². The standard InChI is InChI=1S/C8H14ClNO2/c1-5(8(12)4-9)6(2)10-7(3)11/h5-6H,4H2,1-3H3,(H,10,11). The van der Waals surface area contributed by atoms with Gasteiger partial charge in [-0.05, 0) is 6.92 Å². The van der Waals surface area contributed by atoms with Crippen LogP contribution < -0.4 is 5.32 Å². The summed E-state index contributed by atoms with van der Waals surface area (Å²) in [4.78, 5) is 21.7. The molecule has 0 aliphatic rings. The van der Waals surface area contributed by atoms with Gasteiger partial charge in [-0.3, -0.25) is 9.59 Å². The molecule has 0 spiro atoms. The highest BCUT2D eigenvalue weighted by Crippen LogP contribution is 2.04. The summed E-state index contributed by atoms with van der Waals surface area (Å²) in [5.74, 6) is -0.383. The predicted molar refractivity (Wildman–Crippen MR) is 48.2 cm³/mol. The summed E-state index contributed by atoms with van der Waals surface area (Å²) in [7, 11) is 0. The first-order valence-corrected chi connectivity index (χ1v) is 4.38. The van der Waals surface area contributed by atoms with Gasteiger partial charge in [0.15, 0.2) is 5.78 Å². The molecule has 0 saturated carbocycles. The molecule has 0 fully saturated rings. The molecule has 0 heterocycles. The van der Waals surface area contributed by atoms with E-state index in [9.17, 15) is 9.59 Å². The molecule has 1 N–H and O–H groups in total. The Morgan fingerprint density at radius 3 is 2.25 bits per heavy atom. The van der Waals surface area contributed by atoms with Crippen LogP contribution in [-0.4, -0.2) is 23.6 Å². The number of halogens is 1. The van der Waals surface area contributed by atoms with Gasteiger partial charge < -0.3 is 5.32 Å². The average molecular weight is 192 g/mol. The zero-order chi connectivity index (χ0) is 9.72. The third-order valence-electron chi connectivity index (χ3n) is 1.82. The molecular formula is C8H14ClNO2. The second-order valence-corrected chi connectivity index (χ2v) is 3.15. The number of carbonyl (C=O) groups is 2. The number of ketones is 1. The largest absolute Gasteiger partial charge is 0.353 e. The lowest BCUT2D eigenvalue weighted by molar-refractivity contribution is -0.122.